The Morgan fingerprint density at radius 1 is 1.17 bits per heavy atom. The van der Waals surface area contributed by atoms with Crippen LogP contribution in [0.3, 0.4) is 0 Å². The summed E-state index contributed by atoms with van der Waals surface area (Å²) in [7, 11) is 0. The zero-order valence-electron chi connectivity index (χ0n) is 18.6. The molecule has 1 unspecified atom stereocenters. The second kappa shape index (κ2) is 12.6. The third kappa shape index (κ3) is 8.60. The average molecular weight is 513 g/mol. The van der Waals surface area contributed by atoms with Gasteiger partial charge in [-0.15, -0.1) is 0 Å². The number of cyclic esters (lactones) is 1. The second-order valence-electron chi connectivity index (χ2n) is 7.60. The van der Waals surface area contributed by atoms with E-state index in [0.29, 0.717) is 26.3 Å². The number of carboxylic acid groups (broad SMARTS) is 3. The van der Waals surface area contributed by atoms with Crippen LogP contribution in [0.25, 0.3) is 0 Å². The van der Waals surface area contributed by atoms with E-state index in [1.807, 2.05) is 0 Å². The number of nitrogens with zero attached hydrogens (tertiary/aromatic N) is 4. The van der Waals surface area contributed by atoms with Crippen molar-refractivity contribution in [2.75, 3.05) is 39.4 Å². The highest BCUT2D eigenvalue weighted by atomic mass is 16.6. The van der Waals surface area contributed by atoms with Gasteiger partial charge in [0.15, 0.2) is 5.76 Å². The minimum Gasteiger partial charge on any atom is -0.550 e. The highest BCUT2D eigenvalue weighted by Crippen LogP contribution is 2.16. The first-order valence-corrected chi connectivity index (χ1v) is 10.3. The maximum atomic E-state index is 11.8. The molecular weight excluding hydrogens is 492 g/mol. The maximum absolute atomic E-state index is 11.8. The number of hydrogen-bond donors (Lipinski definition) is 1. The van der Waals surface area contributed by atoms with Gasteiger partial charge >= 0.3 is 12.0 Å². The van der Waals surface area contributed by atoms with Crippen molar-refractivity contribution in [1.82, 2.24) is 9.91 Å². The molecule has 1 amide bonds. The van der Waals surface area contributed by atoms with E-state index in [0.717, 1.165) is 13.1 Å². The SMILES string of the molecule is O=C([O-])CC(O)(CC(=O)[O-])C(=O)[O-].O=C1OC(CN2CCOCC2)CN1/N=C/c1ccc([N+](=O)[O-])o1. The second-order valence-corrected chi connectivity index (χ2v) is 7.60. The Bertz CT molecular complexity index is 985. The lowest BCUT2D eigenvalue weighted by Crippen LogP contribution is -2.54. The lowest BCUT2D eigenvalue weighted by molar-refractivity contribution is -0.402. The van der Waals surface area contributed by atoms with Crippen molar-refractivity contribution in [2.45, 2.75) is 24.5 Å². The highest BCUT2D eigenvalue weighted by Gasteiger charge is 2.33. The summed E-state index contributed by atoms with van der Waals surface area (Å²) in [5.74, 6) is -6.16. The molecular formula is C19H21N4O13-3. The largest absolute Gasteiger partial charge is 0.550 e. The first-order chi connectivity index (χ1) is 16.9. The van der Waals surface area contributed by atoms with Gasteiger partial charge < -0.3 is 48.7 Å². The van der Waals surface area contributed by atoms with Crippen LogP contribution in [0.4, 0.5) is 10.7 Å². The number of amides is 1. The van der Waals surface area contributed by atoms with E-state index in [1.165, 1.54) is 23.4 Å². The molecule has 2 aliphatic rings. The van der Waals surface area contributed by atoms with Crippen molar-refractivity contribution >= 4 is 36.1 Å². The van der Waals surface area contributed by atoms with Gasteiger partial charge in [0.1, 0.15) is 16.6 Å². The Labute approximate surface area is 202 Å². The van der Waals surface area contributed by atoms with Crippen molar-refractivity contribution in [3.63, 3.8) is 0 Å². The molecule has 1 N–H and O–H groups in total. The summed E-state index contributed by atoms with van der Waals surface area (Å²) in [6.07, 6.45) is -2.26. The van der Waals surface area contributed by atoms with Crippen LogP contribution in [0.15, 0.2) is 21.7 Å². The number of ether oxygens (including phenoxy) is 2. The fraction of sp³-hybridized carbons (Fsp3) is 0.526. The van der Waals surface area contributed by atoms with Crippen molar-refractivity contribution < 1.29 is 58.4 Å². The number of aliphatic hydroxyl groups is 1. The molecule has 0 spiro atoms. The smallest absolute Gasteiger partial charge is 0.433 e. The molecule has 2 saturated heterocycles. The fourth-order valence-electron chi connectivity index (χ4n) is 3.09. The van der Waals surface area contributed by atoms with Gasteiger partial charge in [-0.25, -0.2) is 4.79 Å². The first-order valence-electron chi connectivity index (χ1n) is 10.3. The Morgan fingerprint density at radius 2 is 1.78 bits per heavy atom. The molecule has 2 aliphatic heterocycles. The predicted molar refractivity (Wildman–Crippen MR) is 106 cm³/mol. The number of carbonyl (C=O) groups excluding carboxylic acids is 4. The minimum absolute atomic E-state index is 0.195. The molecule has 1 aromatic heterocycles. The van der Waals surface area contributed by atoms with E-state index >= 15 is 0 Å². The first kappa shape index (κ1) is 28.1. The van der Waals surface area contributed by atoms with E-state index in [1.54, 1.807) is 0 Å². The Morgan fingerprint density at radius 3 is 2.28 bits per heavy atom. The Kier molecular flexibility index (Phi) is 9.83. The van der Waals surface area contributed by atoms with Crippen LogP contribution in [-0.4, -0.2) is 101 Å². The number of nitro groups is 1. The highest BCUT2D eigenvalue weighted by molar-refractivity contribution is 5.86. The molecule has 36 heavy (non-hydrogen) atoms. The Balaban J connectivity index is 0.000000302. The summed E-state index contributed by atoms with van der Waals surface area (Å²) in [6.45, 7) is 3.95. The third-order valence-electron chi connectivity index (χ3n) is 4.79. The third-order valence-corrected chi connectivity index (χ3v) is 4.79. The number of hydrogen-bond acceptors (Lipinski definition) is 15. The van der Waals surface area contributed by atoms with E-state index in [9.17, 15) is 44.6 Å². The predicted octanol–water partition coefficient (Wildman–Crippen LogP) is -4.58. The van der Waals surface area contributed by atoms with Crippen LogP contribution in [0.2, 0.25) is 0 Å². The number of morpholine rings is 1. The van der Waals surface area contributed by atoms with Crippen LogP contribution < -0.4 is 15.3 Å². The number of hydrazone groups is 1. The van der Waals surface area contributed by atoms with Gasteiger partial charge in [-0.3, -0.25) is 15.0 Å². The van der Waals surface area contributed by atoms with Crippen molar-refractivity contribution in [1.29, 1.82) is 0 Å². The van der Waals surface area contributed by atoms with Crippen LogP contribution in [-0.2, 0) is 23.9 Å². The van der Waals surface area contributed by atoms with Gasteiger partial charge in [0, 0.05) is 44.4 Å². The summed E-state index contributed by atoms with van der Waals surface area (Å²) in [5.41, 5.74) is -2.97. The average Bonchev–Trinajstić information content (AvgIpc) is 3.39. The molecule has 17 heteroatoms. The normalized spacial score (nSPS) is 18.4. The van der Waals surface area contributed by atoms with Crippen LogP contribution >= 0.6 is 0 Å². The molecule has 3 heterocycles. The minimum atomic E-state index is -2.97. The molecule has 0 bridgehead atoms. The number of carboxylic acids is 3. The lowest BCUT2D eigenvalue weighted by Gasteiger charge is -2.29. The molecule has 198 valence electrons. The van der Waals surface area contributed by atoms with Crippen LogP contribution in [0.1, 0.15) is 18.6 Å². The van der Waals surface area contributed by atoms with Gasteiger partial charge in [-0.1, -0.05) is 0 Å². The molecule has 2 fully saturated rings. The van der Waals surface area contributed by atoms with Gasteiger partial charge in [-0.05, 0) is 6.07 Å². The summed E-state index contributed by atoms with van der Waals surface area (Å²) >= 11 is 0. The monoisotopic (exact) mass is 513 g/mol. The van der Waals surface area contributed by atoms with Crippen molar-refractivity contribution in [2.24, 2.45) is 5.10 Å². The molecule has 1 aromatic rings. The molecule has 0 aromatic carbocycles. The van der Waals surface area contributed by atoms with Crippen molar-refractivity contribution in [3.8, 4) is 0 Å². The summed E-state index contributed by atoms with van der Waals surface area (Å²) in [4.78, 5) is 53.8. The number of aliphatic carboxylic acids is 3. The van der Waals surface area contributed by atoms with Crippen LogP contribution in [0, 0.1) is 10.1 Å². The van der Waals surface area contributed by atoms with Gasteiger partial charge in [-0.2, -0.15) is 10.1 Å². The molecule has 0 radical (unpaired) electrons. The number of rotatable bonds is 10. The van der Waals surface area contributed by atoms with E-state index in [-0.39, 0.29) is 17.7 Å². The maximum Gasteiger partial charge on any atom is 0.433 e. The molecule has 1 atom stereocenters. The summed E-state index contributed by atoms with van der Waals surface area (Å²) < 4.78 is 15.5. The zero-order valence-corrected chi connectivity index (χ0v) is 18.6. The van der Waals surface area contributed by atoms with Gasteiger partial charge in [0.05, 0.1) is 38.0 Å². The molecule has 17 nitrogen and oxygen atoms in total. The van der Waals surface area contributed by atoms with E-state index in [4.69, 9.17) is 19.0 Å². The van der Waals surface area contributed by atoms with E-state index < -0.39 is 47.4 Å². The number of carbonyl (C=O) groups is 4. The van der Waals surface area contributed by atoms with Gasteiger partial charge in [0.25, 0.3) is 0 Å². The fourth-order valence-corrected chi connectivity index (χ4v) is 3.09. The molecule has 3 rings (SSSR count). The standard InChI is InChI=1S/C13H16N4O6.C6H8O7/c18-13-16(14-7-10-1-2-12(22-10)17(19)20)9-11(23-13)8-15-3-5-21-6-4-15;7-3(8)1-6(13,5(11)12)2-4(9)10/h1-2,7,11H,3-6,8-9H2;13H,1-2H2,(H,7,8)(H,9,10)(H,11,12)/p-3/b14-7+;. The van der Waals surface area contributed by atoms with E-state index in [2.05, 4.69) is 10.0 Å². The van der Waals surface area contributed by atoms with Crippen LogP contribution in [0.5, 0.6) is 0 Å². The van der Waals surface area contributed by atoms with Gasteiger partial charge in [0.2, 0.25) is 0 Å². The summed E-state index contributed by atoms with van der Waals surface area (Å²) in [5, 5.41) is 54.6. The Hall–Kier alpha value is -4.09. The number of furan rings is 1. The van der Waals surface area contributed by atoms with Crippen molar-refractivity contribution in [3.05, 3.63) is 28.0 Å². The molecule has 0 aliphatic carbocycles. The quantitative estimate of drug-likeness (QED) is 0.176. The topological polar surface area (TPSA) is 251 Å². The summed E-state index contributed by atoms with van der Waals surface area (Å²) in [6, 6.07) is 2.64. The zero-order chi connectivity index (χ0) is 26.9. The lowest BCUT2D eigenvalue weighted by atomic mass is 9.96. The molecule has 0 saturated carbocycles.